The number of carbonyl (C=O) groups excluding carboxylic acids is 3. The lowest BCUT2D eigenvalue weighted by Gasteiger charge is -2.35. The zero-order valence-corrected chi connectivity index (χ0v) is 25.1. The van der Waals surface area contributed by atoms with E-state index in [1.165, 1.54) is 6.20 Å². The maximum Gasteiger partial charge on any atom is 0.416 e. The maximum atomic E-state index is 13.4. The number of carbonyl (C=O) groups is 3. The van der Waals surface area contributed by atoms with Crippen LogP contribution in [-0.4, -0.2) is 69.0 Å². The molecular formula is C32H32F3N5O5. The van der Waals surface area contributed by atoms with Crippen LogP contribution in [0.1, 0.15) is 47.2 Å². The van der Waals surface area contributed by atoms with E-state index in [1.54, 1.807) is 40.1 Å². The molecule has 3 amide bonds. The highest BCUT2D eigenvalue weighted by atomic mass is 19.4. The first kappa shape index (κ1) is 31.4. The molecule has 0 unspecified atom stereocenters. The van der Waals surface area contributed by atoms with Gasteiger partial charge in [0.15, 0.2) is 0 Å². The van der Waals surface area contributed by atoms with Crippen LogP contribution in [0.3, 0.4) is 0 Å². The number of hydrogen-bond acceptors (Lipinski definition) is 6. The number of alkyl halides is 3. The third-order valence-electron chi connectivity index (χ3n) is 7.14. The topological polar surface area (TPSA) is 106 Å². The number of aryl methyl sites for hydroxylation is 1. The molecule has 1 N–H and O–H groups in total. The Labute approximate surface area is 257 Å². The molecule has 2 aromatic heterocycles. The van der Waals surface area contributed by atoms with E-state index in [1.807, 2.05) is 38.5 Å². The molecule has 0 spiro atoms. The van der Waals surface area contributed by atoms with Crippen molar-refractivity contribution in [3.05, 3.63) is 83.7 Å². The summed E-state index contributed by atoms with van der Waals surface area (Å²) in [5, 5.41) is 3.38. The van der Waals surface area contributed by atoms with Crippen molar-refractivity contribution in [2.24, 2.45) is 7.05 Å². The summed E-state index contributed by atoms with van der Waals surface area (Å²) in [6.07, 6.45) is -3.50. The van der Waals surface area contributed by atoms with Crippen molar-refractivity contribution in [3.8, 4) is 11.6 Å². The van der Waals surface area contributed by atoms with Gasteiger partial charge in [-0.2, -0.15) is 13.2 Å². The molecule has 0 aliphatic carbocycles. The van der Waals surface area contributed by atoms with Gasteiger partial charge in [-0.3, -0.25) is 9.59 Å². The number of halogens is 3. The van der Waals surface area contributed by atoms with Crippen molar-refractivity contribution in [2.45, 2.75) is 32.5 Å². The molecule has 5 rings (SSSR count). The second-order valence-corrected chi connectivity index (χ2v) is 11.6. The zero-order chi connectivity index (χ0) is 32.5. The van der Waals surface area contributed by atoms with Crippen LogP contribution in [0.4, 0.5) is 23.7 Å². The van der Waals surface area contributed by atoms with Gasteiger partial charge in [-0.25, -0.2) is 9.78 Å². The summed E-state index contributed by atoms with van der Waals surface area (Å²) in [4.78, 5) is 45.7. The SMILES string of the molecule is Cn1c(C(=O)N2CCN(C(=O)OC(C)(C)C)CC2)cc2cc(Oc3ccc(NC(=O)c4ccc(C(F)(F)F)cc4)cn3)ccc21. The summed E-state index contributed by atoms with van der Waals surface area (Å²) in [6.45, 7) is 6.98. The Hall–Kier alpha value is -5.07. The smallest absolute Gasteiger partial charge is 0.416 e. The molecule has 0 atom stereocenters. The fourth-order valence-corrected chi connectivity index (χ4v) is 4.83. The third kappa shape index (κ3) is 7.36. The van der Waals surface area contributed by atoms with Gasteiger partial charge in [-0.15, -0.1) is 0 Å². The minimum atomic E-state index is -4.48. The Kier molecular flexibility index (Phi) is 8.46. The van der Waals surface area contributed by atoms with E-state index in [4.69, 9.17) is 9.47 Å². The van der Waals surface area contributed by atoms with Crippen molar-refractivity contribution in [1.82, 2.24) is 19.4 Å². The minimum Gasteiger partial charge on any atom is -0.444 e. The van der Waals surface area contributed by atoms with Crippen LogP contribution in [-0.2, 0) is 18.0 Å². The van der Waals surface area contributed by atoms with E-state index >= 15 is 0 Å². The van der Waals surface area contributed by atoms with E-state index in [9.17, 15) is 27.6 Å². The highest BCUT2D eigenvalue weighted by Crippen LogP contribution is 2.30. The van der Waals surface area contributed by atoms with Gasteiger partial charge in [0.2, 0.25) is 5.88 Å². The Morgan fingerprint density at radius 2 is 1.53 bits per heavy atom. The lowest BCUT2D eigenvalue weighted by Crippen LogP contribution is -2.51. The molecule has 4 aromatic rings. The summed E-state index contributed by atoms with van der Waals surface area (Å²) in [5.74, 6) is 0.00341. The molecule has 0 bridgehead atoms. The predicted octanol–water partition coefficient (Wildman–Crippen LogP) is 6.33. The molecule has 2 aromatic carbocycles. The fraction of sp³-hybridized carbons (Fsp3) is 0.312. The average Bonchev–Trinajstić information content (AvgIpc) is 3.32. The molecule has 1 saturated heterocycles. The first-order valence-corrected chi connectivity index (χ1v) is 14.2. The van der Waals surface area contributed by atoms with Crippen molar-refractivity contribution in [2.75, 3.05) is 31.5 Å². The number of nitrogens with one attached hydrogen (secondary N) is 1. The summed E-state index contributed by atoms with van der Waals surface area (Å²) >= 11 is 0. The van der Waals surface area contributed by atoms with Crippen LogP contribution >= 0.6 is 0 Å². The normalized spacial score (nSPS) is 13.9. The standard InChI is InChI=1S/C32H32F3N5O5/c1-31(2,3)45-30(43)40-15-13-39(14-16-40)29(42)26-18-21-17-24(10-11-25(21)38(26)4)44-27-12-9-23(19-36-27)37-28(41)20-5-7-22(8-6-20)32(33,34)35/h5-12,17-19H,13-16H2,1-4H3,(H,37,41). The number of amides is 3. The number of piperazine rings is 1. The van der Waals surface area contributed by atoms with E-state index in [0.29, 0.717) is 43.3 Å². The van der Waals surface area contributed by atoms with Gasteiger partial charge in [0.05, 0.1) is 17.4 Å². The van der Waals surface area contributed by atoms with Gasteiger partial charge >= 0.3 is 12.3 Å². The molecule has 10 nitrogen and oxygen atoms in total. The summed E-state index contributed by atoms with van der Waals surface area (Å²) in [7, 11) is 1.81. The van der Waals surface area contributed by atoms with Gasteiger partial charge in [0.25, 0.3) is 11.8 Å². The largest absolute Gasteiger partial charge is 0.444 e. The first-order chi connectivity index (χ1) is 21.2. The van der Waals surface area contributed by atoms with Gasteiger partial charge in [-0.1, -0.05) is 0 Å². The Morgan fingerprint density at radius 1 is 0.867 bits per heavy atom. The maximum absolute atomic E-state index is 13.4. The third-order valence-corrected chi connectivity index (χ3v) is 7.14. The summed E-state index contributed by atoms with van der Waals surface area (Å²) in [6, 6.07) is 14.2. The number of pyridine rings is 1. The lowest BCUT2D eigenvalue weighted by molar-refractivity contribution is -0.137. The molecule has 45 heavy (non-hydrogen) atoms. The Morgan fingerprint density at radius 3 is 2.13 bits per heavy atom. The van der Waals surface area contributed by atoms with Crippen molar-refractivity contribution in [3.63, 3.8) is 0 Å². The van der Waals surface area contributed by atoms with E-state index < -0.39 is 29.3 Å². The van der Waals surface area contributed by atoms with Gasteiger partial charge in [-0.05, 0) is 75.4 Å². The van der Waals surface area contributed by atoms with Crippen LogP contribution < -0.4 is 10.1 Å². The Balaban J connectivity index is 1.20. The highest BCUT2D eigenvalue weighted by molar-refractivity contribution is 6.04. The van der Waals surface area contributed by atoms with E-state index in [0.717, 1.165) is 35.2 Å². The molecule has 13 heteroatoms. The summed E-state index contributed by atoms with van der Waals surface area (Å²) < 4.78 is 51.5. The van der Waals surface area contributed by atoms with Crippen LogP contribution in [0.15, 0.2) is 66.9 Å². The minimum absolute atomic E-state index is 0.0698. The fourth-order valence-electron chi connectivity index (χ4n) is 4.83. The number of rotatable bonds is 5. The van der Waals surface area contributed by atoms with Gasteiger partial charge < -0.3 is 29.2 Å². The van der Waals surface area contributed by atoms with Crippen molar-refractivity contribution in [1.29, 1.82) is 0 Å². The quantitative estimate of drug-likeness (QED) is 0.279. The molecule has 236 valence electrons. The van der Waals surface area contributed by atoms with Crippen LogP contribution in [0.2, 0.25) is 0 Å². The summed E-state index contributed by atoms with van der Waals surface area (Å²) in [5.41, 5.74) is 0.301. The van der Waals surface area contributed by atoms with Crippen LogP contribution in [0.25, 0.3) is 10.9 Å². The number of anilines is 1. The van der Waals surface area contributed by atoms with Gasteiger partial charge in [0, 0.05) is 55.8 Å². The molecule has 1 fully saturated rings. The Bertz CT molecular complexity index is 1720. The number of hydrogen-bond donors (Lipinski definition) is 1. The van der Waals surface area contributed by atoms with E-state index in [2.05, 4.69) is 10.3 Å². The lowest BCUT2D eigenvalue weighted by atomic mass is 10.1. The first-order valence-electron chi connectivity index (χ1n) is 14.2. The molecule has 0 radical (unpaired) electrons. The number of nitrogens with zero attached hydrogens (tertiary/aromatic N) is 4. The predicted molar refractivity (Wildman–Crippen MR) is 160 cm³/mol. The molecule has 1 aliphatic heterocycles. The number of aromatic nitrogens is 2. The highest BCUT2D eigenvalue weighted by Gasteiger charge is 2.31. The van der Waals surface area contributed by atoms with Crippen LogP contribution in [0, 0.1) is 0 Å². The second kappa shape index (κ2) is 12.1. The average molecular weight is 624 g/mol. The number of fused-ring (bicyclic) bond motifs is 1. The van der Waals surface area contributed by atoms with Crippen molar-refractivity contribution >= 4 is 34.5 Å². The zero-order valence-electron chi connectivity index (χ0n) is 25.1. The monoisotopic (exact) mass is 623 g/mol. The molecule has 0 saturated carbocycles. The molecular weight excluding hydrogens is 591 g/mol. The van der Waals surface area contributed by atoms with E-state index in [-0.39, 0.29) is 17.4 Å². The number of ether oxygens (including phenoxy) is 2. The van der Waals surface area contributed by atoms with Crippen LogP contribution in [0.5, 0.6) is 11.6 Å². The number of benzene rings is 2. The van der Waals surface area contributed by atoms with Crippen molar-refractivity contribution < 1.29 is 37.0 Å². The molecule has 3 heterocycles. The molecule has 1 aliphatic rings. The van der Waals surface area contributed by atoms with Gasteiger partial charge in [0.1, 0.15) is 17.0 Å². The second-order valence-electron chi connectivity index (χ2n) is 11.6.